The van der Waals surface area contributed by atoms with Crippen LogP contribution in [0.2, 0.25) is 0 Å². The number of hydrogen-bond donors (Lipinski definition) is 1. The van der Waals surface area contributed by atoms with E-state index in [1.54, 1.807) is 6.92 Å². The second kappa shape index (κ2) is 4.82. The molecule has 0 bridgehead atoms. The molecule has 0 fully saturated rings. The van der Waals surface area contributed by atoms with E-state index in [-0.39, 0.29) is 0 Å². The maximum Gasteiger partial charge on any atom is 0.258 e. The van der Waals surface area contributed by atoms with Gasteiger partial charge in [0.05, 0.1) is 0 Å². The van der Waals surface area contributed by atoms with Gasteiger partial charge < -0.3 is 10.5 Å². The Balaban J connectivity index is 2.89. The van der Waals surface area contributed by atoms with Gasteiger partial charge in [0.2, 0.25) is 0 Å². The van der Waals surface area contributed by atoms with Gasteiger partial charge >= 0.3 is 0 Å². The fraction of sp³-hybridized carbons (Fsp3) is 0.417. The molecule has 1 rings (SSSR count). The Morgan fingerprint density at radius 3 is 2.40 bits per heavy atom. The van der Waals surface area contributed by atoms with E-state index in [1.807, 2.05) is 24.3 Å². The third kappa shape index (κ3) is 2.98. The summed E-state index contributed by atoms with van der Waals surface area (Å²) in [6.45, 7) is 5.81. The monoisotopic (exact) mass is 207 g/mol. The number of carbonyl (C=O) groups is 1. The van der Waals surface area contributed by atoms with Gasteiger partial charge in [-0.1, -0.05) is 32.0 Å². The molecule has 15 heavy (non-hydrogen) atoms. The van der Waals surface area contributed by atoms with Crippen molar-refractivity contribution in [2.45, 2.75) is 32.8 Å². The molecule has 3 nitrogen and oxygen atoms in total. The molecule has 0 unspecified atom stereocenters. The average Bonchev–Trinajstić information content (AvgIpc) is 2.18. The molecule has 3 heteroatoms. The highest BCUT2D eigenvalue weighted by Crippen LogP contribution is 2.26. The van der Waals surface area contributed by atoms with E-state index in [0.717, 1.165) is 11.3 Å². The van der Waals surface area contributed by atoms with Crippen LogP contribution in [-0.2, 0) is 4.79 Å². The second-order valence-electron chi connectivity index (χ2n) is 3.85. The topological polar surface area (TPSA) is 52.3 Å². The van der Waals surface area contributed by atoms with Gasteiger partial charge in [-0.2, -0.15) is 0 Å². The number of primary amides is 1. The SMILES string of the molecule is CC(C)c1ccccc1O[C@H](C)C(N)=O. The maximum atomic E-state index is 10.9. The first kappa shape index (κ1) is 11.6. The van der Waals surface area contributed by atoms with Gasteiger partial charge in [0, 0.05) is 0 Å². The molecule has 1 atom stereocenters. The minimum Gasteiger partial charge on any atom is -0.481 e. The molecule has 1 aromatic carbocycles. The Kier molecular flexibility index (Phi) is 3.72. The molecule has 2 N–H and O–H groups in total. The van der Waals surface area contributed by atoms with Gasteiger partial charge in [0.1, 0.15) is 5.75 Å². The minimum atomic E-state index is -0.593. The first-order valence-corrected chi connectivity index (χ1v) is 5.07. The highest BCUT2D eigenvalue weighted by molar-refractivity contribution is 5.78. The zero-order valence-electron chi connectivity index (χ0n) is 9.36. The van der Waals surface area contributed by atoms with Crippen molar-refractivity contribution < 1.29 is 9.53 Å². The normalized spacial score (nSPS) is 12.5. The van der Waals surface area contributed by atoms with Crippen molar-refractivity contribution in [2.75, 3.05) is 0 Å². The van der Waals surface area contributed by atoms with E-state index < -0.39 is 12.0 Å². The number of amides is 1. The zero-order chi connectivity index (χ0) is 11.4. The van der Waals surface area contributed by atoms with Crippen molar-refractivity contribution in [1.29, 1.82) is 0 Å². The van der Waals surface area contributed by atoms with Gasteiger partial charge in [0.25, 0.3) is 5.91 Å². The van der Waals surface area contributed by atoms with E-state index in [9.17, 15) is 4.79 Å². The molecular weight excluding hydrogens is 190 g/mol. The molecule has 1 amide bonds. The Morgan fingerprint density at radius 1 is 1.27 bits per heavy atom. The summed E-state index contributed by atoms with van der Waals surface area (Å²) in [5.74, 6) is 0.647. The summed E-state index contributed by atoms with van der Waals surface area (Å²) in [4.78, 5) is 10.9. The summed E-state index contributed by atoms with van der Waals surface area (Å²) in [5.41, 5.74) is 6.23. The van der Waals surface area contributed by atoms with Gasteiger partial charge in [0.15, 0.2) is 6.10 Å². The van der Waals surface area contributed by atoms with Crippen molar-refractivity contribution in [3.63, 3.8) is 0 Å². The highest BCUT2D eigenvalue weighted by atomic mass is 16.5. The number of para-hydroxylation sites is 1. The van der Waals surface area contributed by atoms with E-state index in [4.69, 9.17) is 10.5 Å². The Morgan fingerprint density at radius 2 is 1.87 bits per heavy atom. The fourth-order valence-electron chi connectivity index (χ4n) is 1.31. The summed E-state index contributed by atoms with van der Waals surface area (Å²) in [6, 6.07) is 7.69. The summed E-state index contributed by atoms with van der Waals surface area (Å²) in [6.07, 6.45) is -0.593. The van der Waals surface area contributed by atoms with Crippen molar-refractivity contribution >= 4 is 5.91 Å². The van der Waals surface area contributed by atoms with Crippen molar-refractivity contribution in [1.82, 2.24) is 0 Å². The van der Waals surface area contributed by atoms with E-state index in [2.05, 4.69) is 13.8 Å². The Bertz CT molecular complexity index is 347. The van der Waals surface area contributed by atoms with Crippen LogP contribution in [0.4, 0.5) is 0 Å². The standard InChI is InChI=1S/C12H17NO2/c1-8(2)10-6-4-5-7-11(10)15-9(3)12(13)14/h4-9H,1-3H3,(H2,13,14)/t9-/m1/s1. The first-order chi connectivity index (χ1) is 7.02. The smallest absolute Gasteiger partial charge is 0.258 e. The predicted molar refractivity (Wildman–Crippen MR) is 59.8 cm³/mol. The van der Waals surface area contributed by atoms with Crippen LogP contribution in [0.15, 0.2) is 24.3 Å². The molecule has 0 heterocycles. The fourth-order valence-corrected chi connectivity index (χ4v) is 1.31. The van der Waals surface area contributed by atoms with Crippen LogP contribution in [0, 0.1) is 0 Å². The molecule has 0 aliphatic heterocycles. The molecule has 82 valence electrons. The van der Waals surface area contributed by atoms with Gasteiger partial charge in [-0.25, -0.2) is 0 Å². The lowest BCUT2D eigenvalue weighted by Crippen LogP contribution is -2.30. The largest absolute Gasteiger partial charge is 0.481 e. The predicted octanol–water partition coefficient (Wildman–Crippen LogP) is 2.06. The quantitative estimate of drug-likeness (QED) is 0.821. The van der Waals surface area contributed by atoms with Crippen LogP contribution < -0.4 is 10.5 Å². The molecule has 0 saturated heterocycles. The summed E-state index contributed by atoms with van der Waals surface area (Å²) in [5, 5.41) is 0. The van der Waals surface area contributed by atoms with E-state index >= 15 is 0 Å². The lowest BCUT2D eigenvalue weighted by molar-refractivity contribution is -0.124. The third-order valence-corrected chi connectivity index (χ3v) is 2.25. The van der Waals surface area contributed by atoms with Crippen molar-refractivity contribution in [3.8, 4) is 5.75 Å². The lowest BCUT2D eigenvalue weighted by Gasteiger charge is -2.16. The van der Waals surface area contributed by atoms with Gasteiger partial charge in [-0.3, -0.25) is 4.79 Å². The molecular formula is C12H17NO2. The molecule has 0 aromatic heterocycles. The van der Waals surface area contributed by atoms with Crippen molar-refractivity contribution in [3.05, 3.63) is 29.8 Å². The van der Waals surface area contributed by atoms with Crippen molar-refractivity contribution in [2.24, 2.45) is 5.73 Å². The molecule has 1 aromatic rings. The first-order valence-electron chi connectivity index (χ1n) is 5.07. The zero-order valence-corrected chi connectivity index (χ0v) is 9.36. The highest BCUT2D eigenvalue weighted by Gasteiger charge is 2.13. The van der Waals surface area contributed by atoms with E-state index in [1.165, 1.54) is 0 Å². The maximum absolute atomic E-state index is 10.9. The number of nitrogens with two attached hydrogens (primary N) is 1. The van der Waals surface area contributed by atoms with Gasteiger partial charge in [-0.05, 0) is 24.5 Å². The number of rotatable bonds is 4. The molecule has 0 saturated carbocycles. The number of benzene rings is 1. The number of hydrogen-bond acceptors (Lipinski definition) is 2. The Hall–Kier alpha value is -1.51. The molecule has 0 radical (unpaired) electrons. The number of carbonyl (C=O) groups excluding carboxylic acids is 1. The molecule has 0 spiro atoms. The Labute approximate surface area is 90.2 Å². The molecule has 0 aliphatic rings. The lowest BCUT2D eigenvalue weighted by atomic mass is 10.0. The van der Waals surface area contributed by atoms with Crippen LogP contribution >= 0.6 is 0 Å². The minimum absolute atomic E-state index is 0.362. The van der Waals surface area contributed by atoms with E-state index in [0.29, 0.717) is 5.92 Å². The summed E-state index contributed by atoms with van der Waals surface area (Å²) < 4.78 is 5.49. The molecule has 0 aliphatic carbocycles. The third-order valence-electron chi connectivity index (χ3n) is 2.25. The van der Waals surface area contributed by atoms with Crippen LogP contribution in [-0.4, -0.2) is 12.0 Å². The second-order valence-corrected chi connectivity index (χ2v) is 3.85. The van der Waals surface area contributed by atoms with Crippen LogP contribution in [0.5, 0.6) is 5.75 Å². The summed E-state index contributed by atoms with van der Waals surface area (Å²) >= 11 is 0. The van der Waals surface area contributed by atoms with Crippen LogP contribution in [0.1, 0.15) is 32.3 Å². The summed E-state index contributed by atoms with van der Waals surface area (Å²) in [7, 11) is 0. The van der Waals surface area contributed by atoms with Gasteiger partial charge in [-0.15, -0.1) is 0 Å². The number of ether oxygens (including phenoxy) is 1. The van der Waals surface area contributed by atoms with Crippen LogP contribution in [0.25, 0.3) is 0 Å². The van der Waals surface area contributed by atoms with Crippen LogP contribution in [0.3, 0.4) is 0 Å². The average molecular weight is 207 g/mol.